The molecule has 1 N–H and O–H groups in total. The topological polar surface area (TPSA) is 18.5 Å². The molecule has 3 heteroatoms. The standard InChI is InChI=1S/C18H33N3/c1-15(2)5-10-20-11-6-16(7-12-20)19-17-8-13-21(14-9-17)18-3-4-18/h5,16-19H,3-4,6-14H2,1-2H3. The lowest BCUT2D eigenvalue weighted by molar-refractivity contribution is 0.160. The molecule has 0 aromatic rings. The molecule has 1 saturated carbocycles. The Morgan fingerprint density at radius 3 is 2.00 bits per heavy atom. The van der Waals surface area contributed by atoms with Crippen LogP contribution >= 0.6 is 0 Å². The monoisotopic (exact) mass is 291 g/mol. The lowest BCUT2D eigenvalue weighted by Gasteiger charge is -2.37. The Morgan fingerprint density at radius 1 is 0.905 bits per heavy atom. The van der Waals surface area contributed by atoms with E-state index in [2.05, 4.69) is 35.0 Å². The van der Waals surface area contributed by atoms with Gasteiger partial charge in [0.05, 0.1) is 0 Å². The highest BCUT2D eigenvalue weighted by Gasteiger charge is 2.32. The molecule has 3 rings (SSSR count). The number of hydrogen-bond donors (Lipinski definition) is 1. The fourth-order valence-electron chi connectivity index (χ4n) is 3.80. The van der Waals surface area contributed by atoms with Gasteiger partial charge >= 0.3 is 0 Å². The normalized spacial score (nSPS) is 27.0. The smallest absolute Gasteiger partial charge is 0.0165 e. The zero-order valence-corrected chi connectivity index (χ0v) is 14.0. The molecule has 3 nitrogen and oxygen atoms in total. The Balaban J connectivity index is 1.33. The van der Waals surface area contributed by atoms with Crippen molar-refractivity contribution in [3.8, 4) is 0 Å². The van der Waals surface area contributed by atoms with E-state index >= 15 is 0 Å². The number of nitrogens with one attached hydrogen (secondary N) is 1. The summed E-state index contributed by atoms with van der Waals surface area (Å²) in [4.78, 5) is 5.32. The molecule has 3 fully saturated rings. The molecule has 2 heterocycles. The molecule has 3 aliphatic rings. The van der Waals surface area contributed by atoms with Crippen molar-refractivity contribution in [1.29, 1.82) is 0 Å². The third kappa shape index (κ3) is 4.80. The average Bonchev–Trinajstić information content (AvgIpc) is 3.32. The summed E-state index contributed by atoms with van der Waals surface area (Å²) in [5.41, 5.74) is 1.44. The van der Waals surface area contributed by atoms with Crippen molar-refractivity contribution in [3.63, 3.8) is 0 Å². The Labute approximate surface area is 130 Å². The predicted octanol–water partition coefficient (Wildman–Crippen LogP) is 2.63. The van der Waals surface area contributed by atoms with E-state index in [1.807, 2.05) is 0 Å². The van der Waals surface area contributed by atoms with Gasteiger partial charge < -0.3 is 10.2 Å². The lowest BCUT2D eigenvalue weighted by Crippen LogP contribution is -2.50. The van der Waals surface area contributed by atoms with Gasteiger partial charge in [0.25, 0.3) is 0 Å². The summed E-state index contributed by atoms with van der Waals surface area (Å²) in [5, 5.41) is 3.95. The van der Waals surface area contributed by atoms with Crippen LogP contribution in [0.15, 0.2) is 11.6 Å². The van der Waals surface area contributed by atoms with Crippen molar-refractivity contribution < 1.29 is 0 Å². The van der Waals surface area contributed by atoms with Gasteiger partial charge in [0.2, 0.25) is 0 Å². The molecule has 0 aromatic heterocycles. The van der Waals surface area contributed by atoms with Crippen molar-refractivity contribution in [2.24, 2.45) is 0 Å². The second-order valence-electron chi connectivity index (χ2n) is 7.56. The summed E-state index contributed by atoms with van der Waals surface area (Å²) < 4.78 is 0. The molecular weight excluding hydrogens is 258 g/mol. The van der Waals surface area contributed by atoms with Crippen molar-refractivity contribution in [1.82, 2.24) is 15.1 Å². The van der Waals surface area contributed by atoms with Crippen LogP contribution in [0.25, 0.3) is 0 Å². The molecular formula is C18H33N3. The molecule has 0 radical (unpaired) electrons. The fourth-order valence-corrected chi connectivity index (χ4v) is 3.80. The van der Waals surface area contributed by atoms with Crippen LogP contribution in [0.2, 0.25) is 0 Å². The van der Waals surface area contributed by atoms with Gasteiger partial charge in [-0.05, 0) is 78.6 Å². The molecule has 21 heavy (non-hydrogen) atoms. The maximum atomic E-state index is 3.95. The van der Waals surface area contributed by atoms with E-state index in [9.17, 15) is 0 Å². The first-order chi connectivity index (χ1) is 10.2. The van der Waals surface area contributed by atoms with Crippen LogP contribution in [0.5, 0.6) is 0 Å². The molecule has 0 bridgehead atoms. The number of rotatable bonds is 5. The molecule has 1 aliphatic carbocycles. The van der Waals surface area contributed by atoms with Crippen molar-refractivity contribution in [3.05, 3.63) is 11.6 Å². The summed E-state index contributed by atoms with van der Waals surface area (Å²) in [6, 6.07) is 2.52. The van der Waals surface area contributed by atoms with Gasteiger partial charge in [-0.25, -0.2) is 0 Å². The molecule has 120 valence electrons. The van der Waals surface area contributed by atoms with Gasteiger partial charge in [-0.3, -0.25) is 4.90 Å². The summed E-state index contributed by atoms with van der Waals surface area (Å²) in [6.45, 7) is 10.7. The zero-order valence-electron chi connectivity index (χ0n) is 14.0. The van der Waals surface area contributed by atoms with Gasteiger partial charge in [-0.1, -0.05) is 11.6 Å². The summed E-state index contributed by atoms with van der Waals surface area (Å²) in [7, 11) is 0. The van der Waals surface area contributed by atoms with Gasteiger partial charge in [0.1, 0.15) is 0 Å². The largest absolute Gasteiger partial charge is 0.311 e. The van der Waals surface area contributed by atoms with Crippen LogP contribution in [0, 0.1) is 0 Å². The maximum absolute atomic E-state index is 3.95. The van der Waals surface area contributed by atoms with Crippen LogP contribution in [0.3, 0.4) is 0 Å². The molecule has 2 saturated heterocycles. The van der Waals surface area contributed by atoms with E-state index < -0.39 is 0 Å². The van der Waals surface area contributed by atoms with Crippen LogP contribution in [-0.2, 0) is 0 Å². The van der Waals surface area contributed by atoms with Crippen LogP contribution in [-0.4, -0.2) is 60.6 Å². The van der Waals surface area contributed by atoms with E-state index in [0.717, 1.165) is 24.7 Å². The molecule has 0 spiro atoms. The van der Waals surface area contributed by atoms with Crippen molar-refractivity contribution >= 4 is 0 Å². The summed E-state index contributed by atoms with van der Waals surface area (Å²) in [6.07, 6.45) is 10.7. The highest BCUT2D eigenvalue weighted by molar-refractivity contribution is 4.96. The highest BCUT2D eigenvalue weighted by atomic mass is 15.2. The maximum Gasteiger partial charge on any atom is 0.0165 e. The first-order valence-corrected chi connectivity index (χ1v) is 9.06. The first-order valence-electron chi connectivity index (χ1n) is 9.06. The second-order valence-corrected chi connectivity index (χ2v) is 7.56. The van der Waals surface area contributed by atoms with E-state index in [0.29, 0.717) is 0 Å². The van der Waals surface area contributed by atoms with Crippen molar-refractivity contribution in [2.45, 2.75) is 70.5 Å². The molecule has 0 unspecified atom stereocenters. The minimum Gasteiger partial charge on any atom is -0.311 e. The van der Waals surface area contributed by atoms with Crippen LogP contribution in [0.4, 0.5) is 0 Å². The number of nitrogens with zero attached hydrogens (tertiary/aromatic N) is 2. The quantitative estimate of drug-likeness (QED) is 0.786. The number of hydrogen-bond acceptors (Lipinski definition) is 3. The van der Waals surface area contributed by atoms with Gasteiger partial charge in [-0.2, -0.15) is 0 Å². The Hall–Kier alpha value is -0.380. The third-order valence-electron chi connectivity index (χ3n) is 5.41. The van der Waals surface area contributed by atoms with Gasteiger partial charge in [-0.15, -0.1) is 0 Å². The van der Waals surface area contributed by atoms with E-state index in [1.54, 1.807) is 0 Å². The molecule has 0 amide bonds. The number of likely N-dealkylation sites (tertiary alicyclic amines) is 2. The number of piperidine rings is 2. The summed E-state index contributed by atoms with van der Waals surface area (Å²) >= 11 is 0. The minimum atomic E-state index is 0.769. The van der Waals surface area contributed by atoms with Crippen LogP contribution < -0.4 is 5.32 Å². The Morgan fingerprint density at radius 2 is 1.48 bits per heavy atom. The lowest BCUT2D eigenvalue weighted by atomic mass is 9.99. The van der Waals surface area contributed by atoms with Gasteiger partial charge in [0, 0.05) is 24.7 Å². The van der Waals surface area contributed by atoms with Crippen LogP contribution in [0.1, 0.15) is 52.4 Å². The molecule has 0 atom stereocenters. The predicted molar refractivity (Wildman–Crippen MR) is 89.6 cm³/mol. The minimum absolute atomic E-state index is 0.769. The molecule has 0 aromatic carbocycles. The van der Waals surface area contributed by atoms with E-state index in [1.165, 1.54) is 70.3 Å². The average molecular weight is 291 g/mol. The Bertz CT molecular complexity index is 341. The molecule has 2 aliphatic heterocycles. The highest BCUT2D eigenvalue weighted by Crippen LogP contribution is 2.29. The Kier molecular flexibility index (Phi) is 5.36. The first kappa shape index (κ1) is 15.5. The van der Waals surface area contributed by atoms with Crippen molar-refractivity contribution in [2.75, 3.05) is 32.7 Å². The third-order valence-corrected chi connectivity index (χ3v) is 5.41. The van der Waals surface area contributed by atoms with E-state index in [4.69, 9.17) is 0 Å². The summed E-state index contributed by atoms with van der Waals surface area (Å²) in [5.74, 6) is 0. The second kappa shape index (κ2) is 7.26. The van der Waals surface area contributed by atoms with Gasteiger partial charge in [0.15, 0.2) is 0 Å². The van der Waals surface area contributed by atoms with E-state index in [-0.39, 0.29) is 0 Å². The fraction of sp³-hybridized carbons (Fsp3) is 0.889. The SMILES string of the molecule is CC(C)=CCN1CCC(NC2CCN(C3CC3)CC2)CC1. The number of allylic oxidation sites excluding steroid dienone is 1. The zero-order chi connectivity index (χ0) is 14.7.